The molecule has 0 radical (unpaired) electrons. The highest BCUT2D eigenvalue weighted by molar-refractivity contribution is 5.85. The molecule has 2 aromatic rings. The first kappa shape index (κ1) is 25.2. The van der Waals surface area contributed by atoms with E-state index < -0.39 is 36.3 Å². The molecule has 2 aliphatic heterocycles. The quantitative estimate of drug-likeness (QED) is 0.300. The van der Waals surface area contributed by atoms with Crippen molar-refractivity contribution in [1.82, 2.24) is 19.5 Å². The molecule has 194 valence electrons. The number of esters is 3. The number of imidazole rings is 1. The lowest BCUT2D eigenvalue weighted by Gasteiger charge is -2.23. The van der Waals surface area contributed by atoms with Gasteiger partial charge in [-0.25, -0.2) is 15.0 Å². The maximum atomic E-state index is 12.0. The number of nitrogens with one attached hydrogen (secondary N) is 2. The predicted octanol–water partition coefficient (Wildman–Crippen LogP) is 1.26. The Bertz CT molecular complexity index is 1170. The Morgan fingerprint density at radius 1 is 1.17 bits per heavy atom. The lowest BCUT2D eigenvalue weighted by atomic mass is 10.2. The molecule has 2 aromatic heterocycles. The van der Waals surface area contributed by atoms with Crippen LogP contribution in [0.3, 0.4) is 0 Å². The van der Waals surface area contributed by atoms with Crippen molar-refractivity contribution >= 4 is 40.8 Å². The van der Waals surface area contributed by atoms with Gasteiger partial charge in [0, 0.05) is 33.9 Å². The Morgan fingerprint density at radius 3 is 2.58 bits per heavy atom. The highest BCUT2D eigenvalue weighted by Crippen LogP contribution is 2.40. The fourth-order valence-corrected chi connectivity index (χ4v) is 4.02. The third-order valence-electron chi connectivity index (χ3n) is 5.39. The van der Waals surface area contributed by atoms with Gasteiger partial charge in [0.2, 0.25) is 24.4 Å². The van der Waals surface area contributed by atoms with E-state index in [-0.39, 0.29) is 11.8 Å². The Balaban J connectivity index is 1.82. The number of aromatic nitrogens is 4. The first-order valence-corrected chi connectivity index (χ1v) is 11.5. The van der Waals surface area contributed by atoms with Crippen LogP contribution in [0, 0.1) is 0 Å². The Hall–Kier alpha value is -3.94. The van der Waals surface area contributed by atoms with Crippen molar-refractivity contribution in [2.75, 3.05) is 30.4 Å². The summed E-state index contributed by atoms with van der Waals surface area (Å²) >= 11 is 0. The lowest BCUT2D eigenvalue weighted by molar-refractivity contribution is -0.164. The van der Waals surface area contributed by atoms with Crippen LogP contribution >= 0.6 is 0 Å². The third kappa shape index (κ3) is 5.32. The number of anilines is 2. The number of carbonyl (C=O) groups is 3. The smallest absolute Gasteiger partial charge is 0.307 e. The van der Waals surface area contributed by atoms with E-state index in [2.05, 4.69) is 25.6 Å². The summed E-state index contributed by atoms with van der Waals surface area (Å²) in [5, 5.41) is 6.49. The molecule has 0 spiro atoms. The van der Waals surface area contributed by atoms with Gasteiger partial charge in [-0.05, 0) is 13.3 Å². The molecular formula is C22H28N6O8. The maximum Gasteiger partial charge on any atom is 0.307 e. The molecule has 14 heteroatoms. The van der Waals surface area contributed by atoms with Gasteiger partial charge in [-0.2, -0.15) is 0 Å². The predicted molar refractivity (Wildman–Crippen MR) is 123 cm³/mol. The second kappa shape index (κ2) is 10.8. The van der Waals surface area contributed by atoms with E-state index >= 15 is 0 Å². The van der Waals surface area contributed by atoms with Crippen LogP contribution < -0.4 is 10.6 Å². The monoisotopic (exact) mass is 504 g/mol. The number of carbonyl (C=O) groups excluding carboxylic acids is 3. The van der Waals surface area contributed by atoms with Crippen molar-refractivity contribution in [3.63, 3.8) is 0 Å². The molecule has 36 heavy (non-hydrogen) atoms. The van der Waals surface area contributed by atoms with E-state index in [4.69, 9.17) is 23.7 Å². The van der Waals surface area contributed by atoms with E-state index in [9.17, 15) is 14.4 Å². The van der Waals surface area contributed by atoms with Gasteiger partial charge in [-0.15, -0.1) is 0 Å². The Kier molecular flexibility index (Phi) is 7.52. The molecule has 14 nitrogen and oxygen atoms in total. The normalized spacial score (nSPS) is 24.4. The molecule has 0 aromatic carbocycles. The molecule has 0 amide bonds. The highest BCUT2D eigenvalue weighted by atomic mass is 16.6. The van der Waals surface area contributed by atoms with Crippen LogP contribution in [0.4, 0.5) is 11.8 Å². The number of hydrogen-bond donors (Lipinski definition) is 2. The van der Waals surface area contributed by atoms with Gasteiger partial charge < -0.3 is 34.3 Å². The van der Waals surface area contributed by atoms with E-state index in [1.807, 2.05) is 6.92 Å². The minimum absolute atomic E-state index is 0.0172. The summed E-state index contributed by atoms with van der Waals surface area (Å²) in [6.07, 6.45) is -0.169. The first-order chi connectivity index (χ1) is 17.3. The summed E-state index contributed by atoms with van der Waals surface area (Å²) in [5.41, 5.74) is 0.826. The van der Waals surface area contributed by atoms with E-state index in [0.717, 1.165) is 12.7 Å². The van der Waals surface area contributed by atoms with E-state index in [0.29, 0.717) is 42.7 Å². The maximum absolute atomic E-state index is 12.0. The molecule has 2 unspecified atom stereocenters. The van der Waals surface area contributed by atoms with Crippen molar-refractivity contribution in [3.05, 3.63) is 18.3 Å². The zero-order valence-corrected chi connectivity index (χ0v) is 20.3. The molecule has 2 N–H and O–H groups in total. The zero-order valence-electron chi connectivity index (χ0n) is 20.3. The van der Waals surface area contributed by atoms with Crippen LogP contribution in [0.2, 0.25) is 0 Å². The Morgan fingerprint density at radius 2 is 1.94 bits per heavy atom. The number of nitrogens with zero attached hydrogens (tertiary/aromatic N) is 4. The second-order valence-electron chi connectivity index (χ2n) is 8.18. The molecule has 4 atom stereocenters. The fourth-order valence-electron chi connectivity index (χ4n) is 4.02. The zero-order chi connectivity index (χ0) is 25.8. The number of rotatable bonds is 8. The number of ether oxygens (including phenoxy) is 5. The minimum Gasteiger partial charge on any atom is -0.463 e. The molecule has 0 saturated carbocycles. The van der Waals surface area contributed by atoms with Gasteiger partial charge in [0.05, 0.1) is 12.6 Å². The third-order valence-corrected chi connectivity index (χ3v) is 5.39. The summed E-state index contributed by atoms with van der Waals surface area (Å²) in [6, 6.07) is 0.0685. The molecular weight excluding hydrogens is 476 g/mol. The molecule has 2 fully saturated rings. The van der Waals surface area contributed by atoms with Crippen LogP contribution in [0.15, 0.2) is 18.3 Å². The van der Waals surface area contributed by atoms with Crippen LogP contribution in [-0.4, -0.2) is 75.4 Å². The summed E-state index contributed by atoms with van der Waals surface area (Å²) in [5.74, 6) is -1.05. The molecule has 4 rings (SSSR count). The minimum atomic E-state index is -1.18. The molecule has 4 heterocycles. The molecule has 0 bridgehead atoms. The van der Waals surface area contributed by atoms with Crippen molar-refractivity contribution in [3.8, 4) is 0 Å². The van der Waals surface area contributed by atoms with Crippen LogP contribution in [-0.2, 0) is 38.1 Å². The molecule has 2 saturated heterocycles. The van der Waals surface area contributed by atoms with Crippen molar-refractivity contribution in [2.45, 2.75) is 58.6 Å². The average molecular weight is 505 g/mol. The summed E-state index contributed by atoms with van der Waals surface area (Å²) in [4.78, 5) is 48.8. The van der Waals surface area contributed by atoms with Crippen molar-refractivity contribution in [1.29, 1.82) is 0 Å². The molecule has 0 aliphatic carbocycles. The van der Waals surface area contributed by atoms with E-state index in [1.54, 1.807) is 4.57 Å². The SMILES string of the molecule is CCNc1nc2c(NC3CCOC3)ncnc2n1C1O/C(=C/OC(C)=O)[C@@H](OC(C)=O)[C@H]1OC(C)=O. The van der Waals surface area contributed by atoms with Crippen LogP contribution in [0.5, 0.6) is 0 Å². The van der Waals surface area contributed by atoms with Gasteiger partial charge in [-0.1, -0.05) is 0 Å². The summed E-state index contributed by atoms with van der Waals surface area (Å²) < 4.78 is 29.0. The van der Waals surface area contributed by atoms with Gasteiger partial charge in [-0.3, -0.25) is 19.0 Å². The van der Waals surface area contributed by atoms with Gasteiger partial charge in [0.15, 0.2) is 22.7 Å². The van der Waals surface area contributed by atoms with Gasteiger partial charge >= 0.3 is 17.9 Å². The largest absolute Gasteiger partial charge is 0.463 e. The highest BCUT2D eigenvalue weighted by Gasteiger charge is 2.50. The van der Waals surface area contributed by atoms with E-state index in [1.165, 1.54) is 27.1 Å². The molecule has 2 aliphatic rings. The van der Waals surface area contributed by atoms with Crippen LogP contribution in [0.1, 0.15) is 40.3 Å². The summed E-state index contributed by atoms with van der Waals surface area (Å²) in [7, 11) is 0. The average Bonchev–Trinajstić information content (AvgIpc) is 3.52. The lowest BCUT2D eigenvalue weighted by Crippen LogP contribution is -2.36. The fraction of sp³-hybridized carbons (Fsp3) is 0.545. The van der Waals surface area contributed by atoms with Crippen molar-refractivity contribution < 1.29 is 38.1 Å². The Labute approximate surface area is 206 Å². The number of hydrogen-bond acceptors (Lipinski definition) is 13. The second-order valence-corrected chi connectivity index (χ2v) is 8.18. The van der Waals surface area contributed by atoms with Crippen molar-refractivity contribution in [2.24, 2.45) is 0 Å². The van der Waals surface area contributed by atoms with Gasteiger partial charge in [0.1, 0.15) is 12.6 Å². The standard InChI is InChI=1S/C22H28N6O8/c1-5-23-22-27-16-19(26-14-6-7-32-8-14)24-10-25-20(16)28(22)21-18(35-13(4)31)17(34-12(3)30)15(36-21)9-33-11(2)29/h9-10,14,17-18,21H,5-8H2,1-4H3,(H,23,27)(H,24,25,26)/b15-9+/t14?,17-,18-,21?/m1/s1. The number of fused-ring (bicyclic) bond motifs is 1. The first-order valence-electron chi connectivity index (χ1n) is 11.5. The topological polar surface area (TPSA) is 165 Å². The van der Waals surface area contributed by atoms with Gasteiger partial charge in [0.25, 0.3) is 0 Å². The summed E-state index contributed by atoms with van der Waals surface area (Å²) in [6.45, 7) is 7.22. The van der Waals surface area contributed by atoms with Crippen LogP contribution in [0.25, 0.3) is 11.2 Å².